The molecule has 0 bridgehead atoms. The molecule has 0 radical (unpaired) electrons. The van der Waals surface area contributed by atoms with Gasteiger partial charge in [-0.3, -0.25) is 0 Å². The standard InChI is InChI=1S/C14H10FNO2S/c15-10-5-9(8-17)6-11(7-10)19-14-16-12-3-1-2-4-13(12)18-14/h1-7,17H,8H2. The lowest BCUT2D eigenvalue weighted by Gasteiger charge is -2.01. The van der Waals surface area contributed by atoms with E-state index >= 15 is 0 Å². The fraction of sp³-hybridized carbons (Fsp3) is 0.0714. The highest BCUT2D eigenvalue weighted by molar-refractivity contribution is 7.99. The number of hydrogen-bond acceptors (Lipinski definition) is 4. The average Bonchev–Trinajstić information content (AvgIpc) is 2.80. The molecule has 0 amide bonds. The van der Waals surface area contributed by atoms with Gasteiger partial charge in [-0.1, -0.05) is 12.1 Å². The second-order valence-electron chi connectivity index (χ2n) is 4.00. The van der Waals surface area contributed by atoms with E-state index < -0.39 is 0 Å². The number of fused-ring (bicyclic) bond motifs is 1. The number of aliphatic hydroxyl groups excluding tert-OH is 1. The Morgan fingerprint density at radius 1 is 1.21 bits per heavy atom. The monoisotopic (exact) mass is 275 g/mol. The van der Waals surface area contributed by atoms with Crippen molar-refractivity contribution in [2.24, 2.45) is 0 Å². The summed E-state index contributed by atoms with van der Waals surface area (Å²) in [7, 11) is 0. The molecule has 0 aliphatic rings. The lowest BCUT2D eigenvalue weighted by molar-refractivity contribution is 0.281. The number of nitrogens with zero attached hydrogens (tertiary/aromatic N) is 1. The van der Waals surface area contributed by atoms with Gasteiger partial charge in [-0.2, -0.15) is 0 Å². The number of rotatable bonds is 3. The molecule has 0 spiro atoms. The molecule has 0 saturated heterocycles. The van der Waals surface area contributed by atoms with Gasteiger partial charge in [0.2, 0.25) is 0 Å². The summed E-state index contributed by atoms with van der Waals surface area (Å²) < 4.78 is 18.9. The second-order valence-corrected chi connectivity index (χ2v) is 5.03. The molecule has 19 heavy (non-hydrogen) atoms. The lowest BCUT2D eigenvalue weighted by Crippen LogP contribution is -1.86. The van der Waals surface area contributed by atoms with Crippen LogP contribution in [0.3, 0.4) is 0 Å². The number of halogens is 1. The van der Waals surface area contributed by atoms with Crippen molar-refractivity contribution in [3.05, 3.63) is 53.8 Å². The number of oxazole rings is 1. The van der Waals surface area contributed by atoms with Gasteiger partial charge in [0.1, 0.15) is 11.3 Å². The first-order valence-electron chi connectivity index (χ1n) is 5.68. The van der Waals surface area contributed by atoms with Crippen molar-refractivity contribution in [1.82, 2.24) is 4.98 Å². The van der Waals surface area contributed by atoms with Gasteiger partial charge in [-0.25, -0.2) is 9.37 Å². The zero-order chi connectivity index (χ0) is 13.2. The summed E-state index contributed by atoms with van der Waals surface area (Å²) >= 11 is 1.23. The Morgan fingerprint density at radius 2 is 2.05 bits per heavy atom. The molecule has 0 aliphatic carbocycles. The predicted molar refractivity (Wildman–Crippen MR) is 70.5 cm³/mol. The molecule has 5 heteroatoms. The van der Waals surface area contributed by atoms with Crippen LogP contribution < -0.4 is 0 Å². The van der Waals surface area contributed by atoms with Crippen LogP contribution in [-0.2, 0) is 6.61 Å². The number of aliphatic hydroxyl groups is 1. The Balaban J connectivity index is 1.94. The quantitative estimate of drug-likeness (QED) is 0.793. The third kappa shape index (κ3) is 2.62. The first-order chi connectivity index (χ1) is 9.24. The largest absolute Gasteiger partial charge is 0.431 e. The molecule has 0 saturated carbocycles. The molecule has 1 aromatic heterocycles. The van der Waals surface area contributed by atoms with E-state index in [4.69, 9.17) is 9.52 Å². The molecule has 0 aliphatic heterocycles. The van der Waals surface area contributed by atoms with Crippen LogP contribution in [0, 0.1) is 5.82 Å². The fourth-order valence-corrected chi connectivity index (χ4v) is 2.63. The number of hydrogen-bond donors (Lipinski definition) is 1. The SMILES string of the molecule is OCc1cc(F)cc(Sc2nc3ccccc3o2)c1. The van der Waals surface area contributed by atoms with Crippen molar-refractivity contribution < 1.29 is 13.9 Å². The van der Waals surface area contributed by atoms with Crippen molar-refractivity contribution in [3.63, 3.8) is 0 Å². The van der Waals surface area contributed by atoms with Gasteiger partial charge < -0.3 is 9.52 Å². The van der Waals surface area contributed by atoms with Crippen LogP contribution in [0.1, 0.15) is 5.56 Å². The first kappa shape index (κ1) is 12.2. The van der Waals surface area contributed by atoms with E-state index in [1.807, 2.05) is 24.3 Å². The van der Waals surface area contributed by atoms with Gasteiger partial charge in [-0.05, 0) is 47.7 Å². The summed E-state index contributed by atoms with van der Waals surface area (Å²) in [6.07, 6.45) is 0. The summed E-state index contributed by atoms with van der Waals surface area (Å²) in [6.45, 7) is -0.196. The van der Waals surface area contributed by atoms with Gasteiger partial charge >= 0.3 is 0 Å². The van der Waals surface area contributed by atoms with Crippen LogP contribution >= 0.6 is 11.8 Å². The van der Waals surface area contributed by atoms with Crippen molar-refractivity contribution in [3.8, 4) is 0 Å². The van der Waals surface area contributed by atoms with E-state index in [1.54, 1.807) is 6.07 Å². The maximum Gasteiger partial charge on any atom is 0.261 e. The minimum atomic E-state index is -0.384. The molecule has 0 atom stereocenters. The molecule has 0 unspecified atom stereocenters. The van der Waals surface area contributed by atoms with Gasteiger partial charge in [0.15, 0.2) is 5.58 Å². The van der Waals surface area contributed by atoms with E-state index in [9.17, 15) is 4.39 Å². The van der Waals surface area contributed by atoms with Crippen LogP contribution in [0.25, 0.3) is 11.1 Å². The zero-order valence-electron chi connectivity index (χ0n) is 9.84. The van der Waals surface area contributed by atoms with Crippen molar-refractivity contribution in [2.75, 3.05) is 0 Å². The molecule has 1 heterocycles. The molecule has 3 aromatic rings. The third-order valence-corrected chi connectivity index (χ3v) is 3.41. The Bertz CT molecular complexity index is 693. The van der Waals surface area contributed by atoms with Gasteiger partial charge in [0, 0.05) is 4.90 Å². The predicted octanol–water partition coefficient (Wildman–Crippen LogP) is 3.61. The van der Waals surface area contributed by atoms with Crippen molar-refractivity contribution >= 4 is 22.9 Å². The topological polar surface area (TPSA) is 46.3 Å². The van der Waals surface area contributed by atoms with Crippen molar-refractivity contribution in [1.29, 1.82) is 0 Å². The smallest absolute Gasteiger partial charge is 0.261 e. The fourth-order valence-electron chi connectivity index (χ4n) is 1.77. The Labute approximate surface area is 113 Å². The van der Waals surface area contributed by atoms with Crippen LogP contribution in [-0.4, -0.2) is 10.1 Å². The molecular formula is C14H10FNO2S. The van der Waals surface area contributed by atoms with Gasteiger partial charge in [-0.15, -0.1) is 0 Å². The molecule has 1 N–H and O–H groups in total. The number of aromatic nitrogens is 1. The number of para-hydroxylation sites is 2. The van der Waals surface area contributed by atoms with Crippen LogP contribution in [0.5, 0.6) is 0 Å². The first-order valence-corrected chi connectivity index (χ1v) is 6.50. The van der Waals surface area contributed by atoms with E-state index in [-0.39, 0.29) is 12.4 Å². The van der Waals surface area contributed by atoms with E-state index in [0.29, 0.717) is 21.3 Å². The van der Waals surface area contributed by atoms with Crippen LogP contribution in [0.4, 0.5) is 4.39 Å². The minimum Gasteiger partial charge on any atom is -0.431 e. The molecule has 3 nitrogen and oxygen atoms in total. The summed E-state index contributed by atoms with van der Waals surface area (Å²) in [5, 5.41) is 9.51. The van der Waals surface area contributed by atoms with Crippen molar-refractivity contribution in [2.45, 2.75) is 16.7 Å². The Kier molecular flexibility index (Phi) is 3.23. The third-order valence-electron chi connectivity index (χ3n) is 2.59. The van der Waals surface area contributed by atoms with E-state index in [1.165, 1.54) is 23.9 Å². The normalized spacial score (nSPS) is 11.1. The highest BCUT2D eigenvalue weighted by Crippen LogP contribution is 2.30. The Hall–Kier alpha value is -1.85. The lowest BCUT2D eigenvalue weighted by atomic mass is 10.2. The molecule has 3 rings (SSSR count). The minimum absolute atomic E-state index is 0.196. The molecule has 96 valence electrons. The second kappa shape index (κ2) is 5.03. The van der Waals surface area contributed by atoms with E-state index in [2.05, 4.69) is 4.98 Å². The molecule has 0 fully saturated rings. The van der Waals surface area contributed by atoms with Crippen LogP contribution in [0.2, 0.25) is 0 Å². The van der Waals surface area contributed by atoms with Crippen LogP contribution in [0.15, 0.2) is 57.0 Å². The van der Waals surface area contributed by atoms with E-state index in [0.717, 1.165) is 5.52 Å². The Morgan fingerprint density at radius 3 is 2.84 bits per heavy atom. The summed E-state index contributed by atoms with van der Waals surface area (Å²) in [5.41, 5.74) is 1.99. The van der Waals surface area contributed by atoms with Gasteiger partial charge in [0.05, 0.1) is 6.61 Å². The molecule has 2 aromatic carbocycles. The number of benzene rings is 2. The van der Waals surface area contributed by atoms with Gasteiger partial charge in [0.25, 0.3) is 5.22 Å². The summed E-state index contributed by atoms with van der Waals surface area (Å²) in [6, 6.07) is 11.8. The zero-order valence-corrected chi connectivity index (χ0v) is 10.7. The highest BCUT2D eigenvalue weighted by Gasteiger charge is 2.08. The summed E-state index contributed by atoms with van der Waals surface area (Å²) in [5.74, 6) is -0.384. The highest BCUT2D eigenvalue weighted by atomic mass is 32.2. The average molecular weight is 275 g/mol. The maximum absolute atomic E-state index is 13.3. The summed E-state index contributed by atoms with van der Waals surface area (Å²) in [4.78, 5) is 4.95. The maximum atomic E-state index is 13.3. The molecular weight excluding hydrogens is 265 g/mol.